The average Bonchev–Trinajstić information content (AvgIpc) is 2.46. The number of nitrogens with zero attached hydrogens (tertiary/aromatic N) is 1. The molecule has 0 fully saturated rings. The molecule has 1 aromatic carbocycles. The van der Waals surface area contributed by atoms with Crippen LogP contribution < -0.4 is 5.73 Å². The lowest BCUT2D eigenvalue weighted by molar-refractivity contribution is -0.116. The predicted molar refractivity (Wildman–Crippen MR) is 82.5 cm³/mol. The number of allylic oxidation sites excluding steroid dienone is 3. The largest absolute Gasteiger partial charge is 0.444 e. The normalized spacial score (nSPS) is 21.3. The predicted octanol–water partition coefficient (Wildman–Crippen LogP) is 3.12. The van der Waals surface area contributed by atoms with Gasteiger partial charge in [0.15, 0.2) is 5.78 Å². The van der Waals surface area contributed by atoms with E-state index in [1.807, 2.05) is 26.0 Å². The van der Waals surface area contributed by atoms with Gasteiger partial charge in [0.05, 0.1) is 5.92 Å². The molecule has 1 atom stereocenters. The third-order valence-corrected chi connectivity index (χ3v) is 4.34. The summed E-state index contributed by atoms with van der Waals surface area (Å²) in [5.41, 5.74) is 10.0. The summed E-state index contributed by atoms with van der Waals surface area (Å²) in [5.74, 6) is 0.423. The Kier molecular flexibility index (Phi) is 3.50. The van der Waals surface area contributed by atoms with Gasteiger partial charge in [0.25, 0.3) is 0 Å². The summed E-state index contributed by atoms with van der Waals surface area (Å²) in [6.07, 6.45) is 1.97. The zero-order chi connectivity index (χ0) is 15.9. The average molecular weight is 294 g/mol. The highest BCUT2D eigenvalue weighted by molar-refractivity contribution is 5.99. The van der Waals surface area contributed by atoms with E-state index in [4.69, 9.17) is 10.5 Å². The van der Waals surface area contributed by atoms with E-state index in [0.717, 1.165) is 23.1 Å². The molecular formula is C18H18N2O2. The second-order valence-corrected chi connectivity index (χ2v) is 5.90. The highest BCUT2D eigenvalue weighted by atomic mass is 16.5. The Morgan fingerprint density at radius 2 is 2.09 bits per heavy atom. The summed E-state index contributed by atoms with van der Waals surface area (Å²) < 4.78 is 5.57. The van der Waals surface area contributed by atoms with Crippen molar-refractivity contribution < 1.29 is 9.53 Å². The molecule has 112 valence electrons. The number of hydrogen-bond donors (Lipinski definition) is 1. The molecule has 22 heavy (non-hydrogen) atoms. The van der Waals surface area contributed by atoms with Crippen LogP contribution in [0.15, 0.2) is 41.0 Å². The third kappa shape index (κ3) is 2.19. The van der Waals surface area contributed by atoms with Crippen molar-refractivity contribution in [2.75, 3.05) is 0 Å². The van der Waals surface area contributed by atoms with Gasteiger partial charge < -0.3 is 10.5 Å². The molecule has 3 rings (SSSR count). The van der Waals surface area contributed by atoms with Gasteiger partial charge in [-0.1, -0.05) is 23.8 Å². The number of aryl methyl sites for hydroxylation is 2. The number of carbonyl (C=O) groups is 1. The van der Waals surface area contributed by atoms with Gasteiger partial charge in [-0.2, -0.15) is 5.26 Å². The minimum absolute atomic E-state index is 0.0616. The molecule has 1 aromatic rings. The molecule has 1 heterocycles. The first kappa shape index (κ1) is 14.4. The van der Waals surface area contributed by atoms with Crippen LogP contribution >= 0.6 is 0 Å². The fraction of sp³-hybridized carbons (Fsp3) is 0.333. The zero-order valence-corrected chi connectivity index (χ0v) is 12.8. The molecule has 0 bridgehead atoms. The summed E-state index contributed by atoms with van der Waals surface area (Å²) in [6.45, 7) is 4.02. The number of hydrogen-bond acceptors (Lipinski definition) is 4. The number of nitrogens with two attached hydrogens (primary N) is 1. The summed E-state index contributed by atoms with van der Waals surface area (Å²) in [6, 6.07) is 8.18. The van der Waals surface area contributed by atoms with Crippen LogP contribution in [0.3, 0.4) is 0 Å². The van der Waals surface area contributed by atoms with Crippen LogP contribution in [0, 0.1) is 25.2 Å². The van der Waals surface area contributed by atoms with Gasteiger partial charge in [-0.25, -0.2) is 0 Å². The summed E-state index contributed by atoms with van der Waals surface area (Å²) in [5, 5.41) is 9.51. The van der Waals surface area contributed by atoms with Crippen molar-refractivity contribution in [3.05, 3.63) is 57.7 Å². The van der Waals surface area contributed by atoms with Crippen molar-refractivity contribution in [1.29, 1.82) is 5.26 Å². The smallest absolute Gasteiger partial charge is 0.205 e. The van der Waals surface area contributed by atoms with Crippen LogP contribution in [-0.4, -0.2) is 5.78 Å². The zero-order valence-electron chi connectivity index (χ0n) is 12.8. The molecule has 1 unspecified atom stereocenters. The van der Waals surface area contributed by atoms with Gasteiger partial charge in [-0.3, -0.25) is 4.79 Å². The second kappa shape index (κ2) is 5.34. The molecule has 2 N–H and O–H groups in total. The molecule has 0 saturated carbocycles. The van der Waals surface area contributed by atoms with E-state index in [9.17, 15) is 10.1 Å². The summed E-state index contributed by atoms with van der Waals surface area (Å²) in [4.78, 5) is 12.4. The highest BCUT2D eigenvalue weighted by Crippen LogP contribution is 2.44. The SMILES string of the molecule is Cc1ccc(C2C(C#N)=C(N)OC3=C2C(=O)CCC3)c(C)c1. The lowest BCUT2D eigenvalue weighted by Crippen LogP contribution is -2.27. The van der Waals surface area contributed by atoms with Crippen molar-refractivity contribution in [2.45, 2.75) is 39.0 Å². The van der Waals surface area contributed by atoms with Gasteiger partial charge in [0, 0.05) is 18.4 Å². The number of benzene rings is 1. The Hall–Kier alpha value is -2.54. The Morgan fingerprint density at radius 3 is 2.77 bits per heavy atom. The third-order valence-electron chi connectivity index (χ3n) is 4.34. The fourth-order valence-corrected chi connectivity index (χ4v) is 3.32. The van der Waals surface area contributed by atoms with Crippen molar-refractivity contribution in [3.63, 3.8) is 0 Å². The number of Topliss-reactive ketones (excluding diaryl/α,β-unsaturated/α-hetero) is 1. The summed E-state index contributed by atoms with van der Waals surface area (Å²) >= 11 is 0. The van der Waals surface area contributed by atoms with Gasteiger partial charge in [-0.15, -0.1) is 0 Å². The fourth-order valence-electron chi connectivity index (χ4n) is 3.32. The first-order valence-electron chi connectivity index (χ1n) is 7.44. The monoisotopic (exact) mass is 294 g/mol. The minimum atomic E-state index is -0.401. The summed E-state index contributed by atoms with van der Waals surface area (Å²) in [7, 11) is 0. The molecule has 1 aliphatic heterocycles. The molecule has 0 spiro atoms. The van der Waals surface area contributed by atoms with Gasteiger partial charge in [0.2, 0.25) is 5.88 Å². The molecule has 0 radical (unpaired) electrons. The quantitative estimate of drug-likeness (QED) is 0.863. The van der Waals surface area contributed by atoms with E-state index < -0.39 is 5.92 Å². The van der Waals surface area contributed by atoms with Crippen molar-refractivity contribution in [3.8, 4) is 6.07 Å². The van der Waals surface area contributed by atoms with Crippen LogP contribution in [-0.2, 0) is 9.53 Å². The molecule has 0 saturated heterocycles. The van der Waals surface area contributed by atoms with E-state index in [1.54, 1.807) is 0 Å². The molecule has 2 aliphatic rings. The lowest BCUT2D eigenvalue weighted by atomic mass is 9.76. The van der Waals surface area contributed by atoms with E-state index in [0.29, 0.717) is 29.7 Å². The Labute approximate surface area is 129 Å². The molecule has 0 amide bonds. The van der Waals surface area contributed by atoms with Crippen molar-refractivity contribution >= 4 is 5.78 Å². The van der Waals surface area contributed by atoms with Crippen molar-refractivity contribution in [2.24, 2.45) is 5.73 Å². The van der Waals surface area contributed by atoms with Crippen LogP contribution in [0.5, 0.6) is 0 Å². The number of ketones is 1. The van der Waals surface area contributed by atoms with E-state index in [1.165, 1.54) is 0 Å². The van der Waals surface area contributed by atoms with Gasteiger partial charge in [0.1, 0.15) is 17.4 Å². The molecule has 0 aromatic heterocycles. The maximum Gasteiger partial charge on any atom is 0.205 e. The van der Waals surface area contributed by atoms with Crippen LogP contribution in [0.25, 0.3) is 0 Å². The molecule has 1 aliphatic carbocycles. The second-order valence-electron chi connectivity index (χ2n) is 5.90. The van der Waals surface area contributed by atoms with E-state index in [-0.39, 0.29) is 11.7 Å². The van der Waals surface area contributed by atoms with E-state index in [2.05, 4.69) is 12.1 Å². The Balaban J connectivity index is 2.22. The number of nitriles is 1. The Bertz CT molecular complexity index is 766. The lowest BCUT2D eigenvalue weighted by Gasteiger charge is -2.31. The first-order chi connectivity index (χ1) is 10.5. The van der Waals surface area contributed by atoms with Gasteiger partial charge in [-0.05, 0) is 31.4 Å². The maximum absolute atomic E-state index is 12.4. The maximum atomic E-state index is 12.4. The van der Waals surface area contributed by atoms with E-state index >= 15 is 0 Å². The minimum Gasteiger partial charge on any atom is -0.444 e. The topological polar surface area (TPSA) is 76.1 Å². The number of ether oxygens (including phenoxy) is 1. The van der Waals surface area contributed by atoms with Crippen LogP contribution in [0.4, 0.5) is 0 Å². The van der Waals surface area contributed by atoms with Crippen LogP contribution in [0.2, 0.25) is 0 Å². The highest BCUT2D eigenvalue weighted by Gasteiger charge is 2.38. The first-order valence-corrected chi connectivity index (χ1v) is 7.44. The Morgan fingerprint density at radius 1 is 1.32 bits per heavy atom. The van der Waals surface area contributed by atoms with Crippen molar-refractivity contribution in [1.82, 2.24) is 0 Å². The molecular weight excluding hydrogens is 276 g/mol. The van der Waals surface area contributed by atoms with Gasteiger partial charge >= 0.3 is 0 Å². The number of carbonyl (C=O) groups excluding carboxylic acids is 1. The standard InChI is InChI=1S/C18H18N2O2/c1-10-6-7-12(11(2)8-10)16-13(9-19)18(20)22-15-5-3-4-14(21)17(15)16/h6-8,16H,3-5,20H2,1-2H3. The van der Waals surface area contributed by atoms with Crippen LogP contribution in [0.1, 0.15) is 41.9 Å². The molecule has 4 nitrogen and oxygen atoms in total. The molecule has 4 heteroatoms. The number of rotatable bonds is 1.